The summed E-state index contributed by atoms with van der Waals surface area (Å²) in [6.45, 7) is 2.31. The molecule has 0 aromatic carbocycles. The van der Waals surface area contributed by atoms with E-state index in [1.165, 1.54) is 11.6 Å². The van der Waals surface area contributed by atoms with Gasteiger partial charge in [-0.1, -0.05) is 0 Å². The van der Waals surface area contributed by atoms with Crippen LogP contribution in [-0.4, -0.2) is 57.0 Å². The Balaban J connectivity index is 1.93. The molecule has 1 N–H and O–H groups in total. The van der Waals surface area contributed by atoms with Crippen molar-refractivity contribution in [2.45, 2.75) is 51.3 Å². The lowest BCUT2D eigenvalue weighted by atomic mass is 9.93. The van der Waals surface area contributed by atoms with Crippen molar-refractivity contribution in [3.63, 3.8) is 0 Å². The van der Waals surface area contributed by atoms with Gasteiger partial charge in [-0.15, -0.1) is 0 Å². The Hall–Kier alpha value is -1.76. The summed E-state index contributed by atoms with van der Waals surface area (Å²) in [6, 6.07) is 0. The summed E-state index contributed by atoms with van der Waals surface area (Å²) >= 11 is 0. The topological polar surface area (TPSA) is 75.4 Å². The number of rotatable bonds is 1. The first kappa shape index (κ1) is 15.1. The lowest BCUT2D eigenvalue weighted by Crippen LogP contribution is -2.40. The van der Waals surface area contributed by atoms with Crippen molar-refractivity contribution < 1.29 is 19.1 Å². The third kappa shape index (κ3) is 2.65. The molecule has 1 fully saturated rings. The van der Waals surface area contributed by atoms with Gasteiger partial charge in [0.05, 0.1) is 11.8 Å². The van der Waals surface area contributed by atoms with Crippen molar-refractivity contribution in [2.24, 2.45) is 0 Å². The van der Waals surface area contributed by atoms with Gasteiger partial charge in [-0.05, 0) is 25.7 Å². The molecule has 0 bridgehead atoms. The van der Waals surface area contributed by atoms with Crippen molar-refractivity contribution >= 4 is 11.8 Å². The summed E-state index contributed by atoms with van der Waals surface area (Å²) in [5.74, 6) is -0.529. The van der Waals surface area contributed by atoms with Crippen LogP contribution in [0.5, 0.6) is 0 Å². The second-order valence-electron chi connectivity index (χ2n) is 6.07. The van der Waals surface area contributed by atoms with Crippen LogP contribution in [0.3, 0.4) is 0 Å². The Morgan fingerprint density at radius 2 is 1.95 bits per heavy atom. The Kier molecular flexibility index (Phi) is 3.99. The molecule has 6 nitrogen and oxygen atoms in total. The van der Waals surface area contributed by atoms with Crippen molar-refractivity contribution in [2.75, 3.05) is 13.1 Å². The maximum Gasteiger partial charge on any atom is 0.274 e. The van der Waals surface area contributed by atoms with Crippen LogP contribution < -0.4 is 0 Å². The molecule has 7 heteroatoms. The third-order valence-electron chi connectivity index (χ3n) is 4.46. The summed E-state index contributed by atoms with van der Waals surface area (Å²) in [4.78, 5) is 26.0. The first-order chi connectivity index (χ1) is 10.5. The number of aromatic nitrogens is 2. The minimum Gasteiger partial charge on any atom is -0.393 e. The lowest BCUT2D eigenvalue weighted by Gasteiger charge is -2.29. The normalized spacial score (nSPS) is 22.5. The fourth-order valence-electron chi connectivity index (χ4n) is 3.22. The minimum absolute atomic E-state index is 0.139. The molecule has 2 heterocycles. The first-order valence-electron chi connectivity index (χ1n) is 7.70. The minimum atomic E-state index is -0.994. The molecule has 1 saturated heterocycles. The van der Waals surface area contributed by atoms with Crippen LogP contribution in [0.25, 0.3) is 0 Å². The summed E-state index contributed by atoms with van der Waals surface area (Å²) < 4.78 is 15.0. The zero-order valence-corrected chi connectivity index (χ0v) is 12.6. The summed E-state index contributed by atoms with van der Waals surface area (Å²) in [5, 5.41) is 13.7. The van der Waals surface area contributed by atoms with Gasteiger partial charge in [-0.2, -0.15) is 5.10 Å². The smallest absolute Gasteiger partial charge is 0.274 e. The van der Waals surface area contributed by atoms with Gasteiger partial charge in [0.1, 0.15) is 6.17 Å². The van der Waals surface area contributed by atoms with Gasteiger partial charge in [0.2, 0.25) is 5.91 Å². The number of aliphatic hydroxyl groups excluding tert-OH is 1. The van der Waals surface area contributed by atoms with Crippen LogP contribution in [0, 0.1) is 0 Å². The Morgan fingerprint density at radius 3 is 2.59 bits per heavy atom. The van der Waals surface area contributed by atoms with Gasteiger partial charge in [-0.25, -0.2) is 9.07 Å². The molecule has 0 radical (unpaired) electrons. The van der Waals surface area contributed by atoms with E-state index in [9.17, 15) is 19.1 Å². The number of nitrogens with zero attached hydrogens (tertiary/aromatic N) is 3. The highest BCUT2D eigenvalue weighted by Gasteiger charge is 2.33. The van der Waals surface area contributed by atoms with Crippen LogP contribution in [0.2, 0.25) is 0 Å². The highest BCUT2D eigenvalue weighted by Crippen LogP contribution is 2.27. The number of halogens is 1. The highest BCUT2D eigenvalue weighted by atomic mass is 19.1. The average Bonchev–Trinajstić information content (AvgIpc) is 2.86. The fourth-order valence-corrected chi connectivity index (χ4v) is 3.22. The second-order valence-corrected chi connectivity index (χ2v) is 6.07. The summed E-state index contributed by atoms with van der Waals surface area (Å²) in [7, 11) is 0. The van der Waals surface area contributed by atoms with E-state index in [-0.39, 0.29) is 30.0 Å². The van der Waals surface area contributed by atoms with E-state index in [0.29, 0.717) is 50.0 Å². The number of hydrogen-bond acceptors (Lipinski definition) is 4. The van der Waals surface area contributed by atoms with Gasteiger partial charge in [0.25, 0.3) is 5.91 Å². The van der Waals surface area contributed by atoms with Crippen LogP contribution in [0.4, 0.5) is 4.39 Å². The molecular weight excluding hydrogens is 289 g/mol. The van der Waals surface area contributed by atoms with E-state index in [0.717, 1.165) is 0 Å². The summed E-state index contributed by atoms with van der Waals surface area (Å²) in [6.07, 6.45) is 0.625. The molecule has 2 aliphatic rings. The van der Waals surface area contributed by atoms with Crippen LogP contribution >= 0.6 is 0 Å². The van der Waals surface area contributed by atoms with Gasteiger partial charge in [0, 0.05) is 32.0 Å². The molecule has 22 heavy (non-hydrogen) atoms. The second kappa shape index (κ2) is 5.79. The van der Waals surface area contributed by atoms with Crippen LogP contribution in [0.15, 0.2) is 0 Å². The monoisotopic (exact) mass is 309 g/mol. The maximum absolute atomic E-state index is 13.7. The number of hydrogen-bond donors (Lipinski definition) is 1. The van der Waals surface area contributed by atoms with Crippen LogP contribution in [0.1, 0.15) is 52.7 Å². The largest absolute Gasteiger partial charge is 0.393 e. The molecule has 1 unspecified atom stereocenters. The van der Waals surface area contributed by atoms with Crippen molar-refractivity contribution in [3.8, 4) is 0 Å². The average molecular weight is 309 g/mol. The number of piperidine rings is 1. The molecule has 1 aromatic rings. The Morgan fingerprint density at radius 1 is 1.27 bits per heavy atom. The van der Waals surface area contributed by atoms with E-state index >= 15 is 0 Å². The molecule has 1 aliphatic carbocycles. The van der Waals surface area contributed by atoms with Gasteiger partial charge < -0.3 is 10.0 Å². The number of fused-ring (bicyclic) bond motifs is 1. The third-order valence-corrected chi connectivity index (χ3v) is 4.46. The predicted molar refractivity (Wildman–Crippen MR) is 76.6 cm³/mol. The molecule has 1 aliphatic heterocycles. The van der Waals surface area contributed by atoms with Crippen molar-refractivity contribution in [1.29, 1.82) is 0 Å². The van der Waals surface area contributed by atoms with Gasteiger partial charge in [-0.3, -0.25) is 9.59 Å². The molecule has 120 valence electrons. The van der Waals surface area contributed by atoms with E-state index < -0.39 is 6.17 Å². The Bertz CT molecular complexity index is 605. The SMILES string of the molecule is CC(=O)n1nc(C(=O)N2CCC(O)CC2)c2c1CCC(F)C2. The van der Waals surface area contributed by atoms with E-state index in [1.807, 2.05) is 0 Å². The number of aliphatic hydroxyl groups is 1. The molecular formula is C15H20FN3O3. The number of carbonyl (C=O) groups excluding carboxylic acids is 2. The molecule has 3 rings (SSSR count). The first-order valence-corrected chi connectivity index (χ1v) is 7.70. The van der Waals surface area contributed by atoms with Crippen molar-refractivity contribution in [3.05, 3.63) is 17.0 Å². The maximum atomic E-state index is 13.7. The zero-order valence-electron chi connectivity index (χ0n) is 12.6. The molecule has 0 spiro atoms. The van der Waals surface area contributed by atoms with E-state index in [2.05, 4.69) is 5.10 Å². The highest BCUT2D eigenvalue weighted by molar-refractivity contribution is 5.95. The fraction of sp³-hybridized carbons (Fsp3) is 0.667. The number of amides is 1. The number of likely N-dealkylation sites (tertiary alicyclic amines) is 1. The standard InChI is InChI=1S/C15H20FN3O3/c1-9(20)19-13-3-2-10(16)8-12(13)14(17-19)15(22)18-6-4-11(21)5-7-18/h10-11,21H,2-8H2,1H3. The lowest BCUT2D eigenvalue weighted by molar-refractivity contribution is 0.0540. The quantitative estimate of drug-likeness (QED) is 0.838. The van der Waals surface area contributed by atoms with E-state index in [4.69, 9.17) is 0 Å². The molecule has 1 aromatic heterocycles. The molecule has 0 saturated carbocycles. The molecule has 1 atom stereocenters. The predicted octanol–water partition coefficient (Wildman–Crippen LogP) is 0.967. The zero-order chi connectivity index (χ0) is 15.9. The summed E-state index contributed by atoms with van der Waals surface area (Å²) in [5.41, 5.74) is 1.44. The van der Waals surface area contributed by atoms with Gasteiger partial charge in [0.15, 0.2) is 5.69 Å². The van der Waals surface area contributed by atoms with Crippen LogP contribution in [-0.2, 0) is 12.8 Å². The van der Waals surface area contributed by atoms with E-state index in [1.54, 1.807) is 4.90 Å². The number of carbonyl (C=O) groups is 2. The molecule has 1 amide bonds. The van der Waals surface area contributed by atoms with Crippen molar-refractivity contribution in [1.82, 2.24) is 14.7 Å². The Labute approximate surface area is 127 Å². The van der Waals surface area contributed by atoms with Gasteiger partial charge >= 0.3 is 0 Å². The number of alkyl halides is 1.